The average molecular weight is 215 g/mol. The van der Waals surface area contributed by atoms with Crippen LogP contribution in [-0.2, 0) is 13.0 Å². The summed E-state index contributed by atoms with van der Waals surface area (Å²) < 4.78 is 1.27. The molecule has 1 N–H and O–H groups in total. The van der Waals surface area contributed by atoms with Gasteiger partial charge in [0.05, 0.1) is 5.56 Å². The van der Waals surface area contributed by atoms with E-state index in [4.69, 9.17) is 11.6 Å². The maximum absolute atomic E-state index is 11.3. The predicted molar refractivity (Wildman–Crippen MR) is 55.9 cm³/mol. The monoisotopic (exact) mass is 214 g/mol. The van der Waals surface area contributed by atoms with Gasteiger partial charge in [-0.15, -0.1) is 6.58 Å². The summed E-state index contributed by atoms with van der Waals surface area (Å²) in [6.45, 7) is 5.60. The number of rotatable bonds is 3. The molecule has 0 aliphatic heterocycles. The lowest BCUT2D eigenvalue weighted by molar-refractivity contribution is 0.723. The van der Waals surface area contributed by atoms with E-state index in [2.05, 4.69) is 11.6 Å². The van der Waals surface area contributed by atoms with E-state index in [-0.39, 0.29) is 5.15 Å². The predicted octanol–water partition coefficient (Wildman–Crippen LogP) is 0.938. The van der Waals surface area contributed by atoms with Crippen LogP contribution in [0.25, 0.3) is 0 Å². The summed E-state index contributed by atoms with van der Waals surface area (Å²) in [6.07, 6.45) is 2.04. The Morgan fingerprint density at radius 2 is 2.21 bits per heavy atom. The Bertz CT molecular complexity index is 459. The molecule has 0 atom stereocenters. The first-order valence-electron chi connectivity index (χ1n) is 4.24. The molecule has 5 heteroatoms. The van der Waals surface area contributed by atoms with E-state index in [1.807, 2.05) is 0 Å². The first-order valence-corrected chi connectivity index (χ1v) is 4.62. The minimum absolute atomic E-state index is 0.196. The second-order valence-corrected chi connectivity index (χ2v) is 3.14. The Kier molecular flexibility index (Phi) is 3.30. The van der Waals surface area contributed by atoms with Crippen LogP contribution < -0.4 is 11.2 Å². The fourth-order valence-corrected chi connectivity index (χ4v) is 1.55. The van der Waals surface area contributed by atoms with Gasteiger partial charge < -0.3 is 0 Å². The maximum Gasteiger partial charge on any atom is 0.329 e. The average Bonchev–Trinajstić information content (AvgIpc) is 2.12. The molecule has 0 saturated heterocycles. The molecule has 4 nitrogen and oxygen atoms in total. The summed E-state index contributed by atoms with van der Waals surface area (Å²) in [5, 5.41) is 0.196. The number of aromatic nitrogens is 2. The van der Waals surface area contributed by atoms with Crippen molar-refractivity contribution in [2.24, 2.45) is 0 Å². The van der Waals surface area contributed by atoms with Crippen LogP contribution in [0.15, 0.2) is 22.2 Å². The first-order chi connectivity index (χ1) is 6.61. The van der Waals surface area contributed by atoms with Crippen LogP contribution in [0.2, 0.25) is 5.15 Å². The summed E-state index contributed by atoms with van der Waals surface area (Å²) in [7, 11) is 0. The molecule has 0 aliphatic carbocycles. The molecule has 0 radical (unpaired) electrons. The van der Waals surface area contributed by atoms with Crippen molar-refractivity contribution in [3.63, 3.8) is 0 Å². The highest BCUT2D eigenvalue weighted by Crippen LogP contribution is 2.09. The highest BCUT2D eigenvalue weighted by Gasteiger charge is 2.09. The number of halogens is 1. The Morgan fingerprint density at radius 1 is 1.57 bits per heavy atom. The summed E-state index contributed by atoms with van der Waals surface area (Å²) in [5.74, 6) is 0. The number of H-pyrrole nitrogens is 1. The van der Waals surface area contributed by atoms with Gasteiger partial charge in [0, 0.05) is 6.54 Å². The summed E-state index contributed by atoms with van der Waals surface area (Å²) in [6, 6.07) is 0. The lowest BCUT2D eigenvalue weighted by Gasteiger charge is -2.07. The van der Waals surface area contributed by atoms with E-state index in [0.29, 0.717) is 18.5 Å². The summed E-state index contributed by atoms with van der Waals surface area (Å²) in [4.78, 5) is 24.8. The second kappa shape index (κ2) is 4.28. The van der Waals surface area contributed by atoms with E-state index >= 15 is 0 Å². The van der Waals surface area contributed by atoms with Gasteiger partial charge in [0.2, 0.25) is 0 Å². The second-order valence-electron chi connectivity index (χ2n) is 2.78. The van der Waals surface area contributed by atoms with Crippen LogP contribution in [0, 0.1) is 0 Å². The van der Waals surface area contributed by atoms with Gasteiger partial charge in [-0.25, -0.2) is 4.79 Å². The van der Waals surface area contributed by atoms with Gasteiger partial charge in [-0.05, 0) is 6.42 Å². The van der Waals surface area contributed by atoms with Crippen LogP contribution in [0.3, 0.4) is 0 Å². The van der Waals surface area contributed by atoms with E-state index in [1.54, 1.807) is 13.0 Å². The van der Waals surface area contributed by atoms with Gasteiger partial charge in [-0.3, -0.25) is 14.3 Å². The van der Waals surface area contributed by atoms with Crippen molar-refractivity contribution in [1.82, 2.24) is 9.55 Å². The zero-order valence-corrected chi connectivity index (χ0v) is 8.60. The Labute approximate surface area is 85.8 Å². The number of aromatic amines is 1. The maximum atomic E-state index is 11.3. The molecule has 0 bridgehead atoms. The van der Waals surface area contributed by atoms with Crippen molar-refractivity contribution in [2.75, 3.05) is 0 Å². The van der Waals surface area contributed by atoms with Crippen molar-refractivity contribution in [1.29, 1.82) is 0 Å². The molecule has 1 rings (SSSR count). The molecule has 0 amide bonds. The van der Waals surface area contributed by atoms with Crippen molar-refractivity contribution in [3.8, 4) is 0 Å². The minimum atomic E-state index is -0.503. The Hall–Kier alpha value is -1.29. The molecule has 0 fully saturated rings. The molecule has 1 heterocycles. The van der Waals surface area contributed by atoms with E-state index in [0.717, 1.165) is 0 Å². The van der Waals surface area contributed by atoms with Gasteiger partial charge >= 0.3 is 5.69 Å². The summed E-state index contributed by atoms with van der Waals surface area (Å²) >= 11 is 5.89. The Balaban J connectivity index is 3.51. The third-order valence-corrected chi connectivity index (χ3v) is 2.32. The van der Waals surface area contributed by atoms with Crippen molar-refractivity contribution in [3.05, 3.63) is 44.2 Å². The third-order valence-electron chi connectivity index (χ3n) is 1.89. The lowest BCUT2D eigenvalue weighted by atomic mass is 10.2. The van der Waals surface area contributed by atoms with Gasteiger partial charge in [-0.1, -0.05) is 24.6 Å². The highest BCUT2D eigenvalue weighted by molar-refractivity contribution is 6.30. The molecule has 0 unspecified atom stereocenters. The molecule has 0 aliphatic rings. The molecule has 1 aromatic heterocycles. The minimum Gasteiger partial charge on any atom is -0.280 e. The fraction of sp³-hybridized carbons (Fsp3) is 0.333. The van der Waals surface area contributed by atoms with Gasteiger partial charge in [0.15, 0.2) is 0 Å². The quantitative estimate of drug-likeness (QED) is 0.602. The van der Waals surface area contributed by atoms with Crippen molar-refractivity contribution in [2.45, 2.75) is 19.9 Å². The van der Waals surface area contributed by atoms with Gasteiger partial charge in [0.1, 0.15) is 5.15 Å². The number of allylic oxidation sites excluding steroid dienone is 1. The van der Waals surface area contributed by atoms with Gasteiger partial charge in [-0.2, -0.15) is 0 Å². The van der Waals surface area contributed by atoms with Crippen molar-refractivity contribution < 1.29 is 0 Å². The molecule has 76 valence electrons. The van der Waals surface area contributed by atoms with E-state index in [1.165, 1.54) is 4.57 Å². The molecule has 0 spiro atoms. The number of hydrogen-bond donors (Lipinski definition) is 1. The molecular formula is C9H11ClN2O2. The molecule has 0 saturated carbocycles. The first kappa shape index (κ1) is 10.8. The van der Waals surface area contributed by atoms with Crippen LogP contribution in [0.5, 0.6) is 0 Å². The van der Waals surface area contributed by atoms with E-state index in [9.17, 15) is 9.59 Å². The summed E-state index contributed by atoms with van der Waals surface area (Å²) in [5.41, 5.74) is -0.493. The molecular weight excluding hydrogens is 204 g/mol. The topological polar surface area (TPSA) is 54.9 Å². The largest absolute Gasteiger partial charge is 0.329 e. The standard InChI is InChI=1S/C9H11ClN2O2/c1-3-5-12-7(10)6(4-2)8(13)11-9(12)14/h3H,1,4-5H2,2H3,(H,11,13,14). The molecule has 0 aromatic carbocycles. The van der Waals surface area contributed by atoms with Crippen LogP contribution in [0.1, 0.15) is 12.5 Å². The normalized spacial score (nSPS) is 10.1. The van der Waals surface area contributed by atoms with Crippen LogP contribution in [0.4, 0.5) is 0 Å². The smallest absolute Gasteiger partial charge is 0.280 e. The Morgan fingerprint density at radius 3 is 2.71 bits per heavy atom. The SMILES string of the molecule is C=CCn1c(Cl)c(CC)c(=O)[nH]c1=O. The van der Waals surface area contributed by atoms with E-state index < -0.39 is 11.2 Å². The highest BCUT2D eigenvalue weighted by atomic mass is 35.5. The number of nitrogens with zero attached hydrogens (tertiary/aromatic N) is 1. The lowest BCUT2D eigenvalue weighted by Crippen LogP contribution is -2.32. The van der Waals surface area contributed by atoms with Crippen LogP contribution in [-0.4, -0.2) is 9.55 Å². The zero-order chi connectivity index (χ0) is 10.7. The fourth-order valence-electron chi connectivity index (χ4n) is 1.18. The number of nitrogens with one attached hydrogen (secondary N) is 1. The molecule has 1 aromatic rings. The molecule has 14 heavy (non-hydrogen) atoms. The third kappa shape index (κ3) is 1.80. The van der Waals surface area contributed by atoms with Crippen molar-refractivity contribution >= 4 is 11.6 Å². The number of hydrogen-bond acceptors (Lipinski definition) is 2. The van der Waals surface area contributed by atoms with Crippen LogP contribution >= 0.6 is 11.6 Å². The van der Waals surface area contributed by atoms with Gasteiger partial charge in [0.25, 0.3) is 5.56 Å². The zero-order valence-electron chi connectivity index (χ0n) is 7.84.